The molecule has 1 heterocycles. The van der Waals surface area contributed by atoms with Crippen molar-refractivity contribution < 1.29 is 12.8 Å². The van der Waals surface area contributed by atoms with E-state index in [1.54, 1.807) is 13.0 Å². The van der Waals surface area contributed by atoms with Gasteiger partial charge in [0.2, 0.25) is 0 Å². The van der Waals surface area contributed by atoms with Gasteiger partial charge in [-0.3, -0.25) is 4.72 Å². The molecule has 7 heteroatoms. The van der Waals surface area contributed by atoms with Gasteiger partial charge in [-0.25, -0.2) is 17.8 Å². The van der Waals surface area contributed by atoms with E-state index >= 15 is 0 Å². The minimum absolute atomic E-state index is 0.0381. The zero-order valence-electron chi connectivity index (χ0n) is 10.1. The largest absolute Gasteiger partial charge is 0.399 e. The smallest absolute Gasteiger partial charge is 0.263 e. The van der Waals surface area contributed by atoms with Gasteiger partial charge in [0.15, 0.2) is 0 Å². The highest BCUT2D eigenvalue weighted by molar-refractivity contribution is 7.92. The quantitative estimate of drug-likeness (QED) is 0.842. The lowest BCUT2D eigenvalue weighted by atomic mass is 10.2. The molecule has 0 bridgehead atoms. The lowest BCUT2D eigenvalue weighted by Crippen LogP contribution is -2.14. The molecular formula is C12H12FN3O2S. The Labute approximate surface area is 110 Å². The van der Waals surface area contributed by atoms with E-state index < -0.39 is 15.8 Å². The molecule has 0 aliphatic carbocycles. The molecule has 2 aromatic rings. The second-order valence-corrected chi connectivity index (χ2v) is 5.73. The highest BCUT2D eigenvalue weighted by Gasteiger charge is 2.15. The van der Waals surface area contributed by atoms with Gasteiger partial charge in [-0.1, -0.05) is 0 Å². The summed E-state index contributed by atoms with van der Waals surface area (Å²) in [6.45, 7) is 1.74. The number of benzene rings is 1. The molecule has 19 heavy (non-hydrogen) atoms. The minimum atomic E-state index is -3.79. The lowest BCUT2D eigenvalue weighted by molar-refractivity contribution is 0.600. The second-order valence-electron chi connectivity index (χ2n) is 4.05. The molecule has 0 saturated carbocycles. The van der Waals surface area contributed by atoms with Gasteiger partial charge in [-0.05, 0) is 42.8 Å². The van der Waals surface area contributed by atoms with Crippen LogP contribution in [0, 0.1) is 12.7 Å². The van der Waals surface area contributed by atoms with Crippen molar-refractivity contribution in [3.8, 4) is 0 Å². The molecule has 0 saturated heterocycles. The molecule has 0 amide bonds. The summed E-state index contributed by atoms with van der Waals surface area (Å²) >= 11 is 0. The van der Waals surface area contributed by atoms with Crippen LogP contribution in [0.1, 0.15) is 5.56 Å². The Morgan fingerprint density at radius 2 is 2.00 bits per heavy atom. The van der Waals surface area contributed by atoms with Crippen LogP contribution in [0.15, 0.2) is 41.4 Å². The first-order valence-electron chi connectivity index (χ1n) is 5.38. The molecule has 0 atom stereocenters. The number of nitrogen functional groups attached to an aromatic ring is 1. The Kier molecular flexibility index (Phi) is 3.39. The van der Waals surface area contributed by atoms with Gasteiger partial charge in [-0.15, -0.1) is 0 Å². The summed E-state index contributed by atoms with van der Waals surface area (Å²) < 4.78 is 39.1. The molecule has 0 radical (unpaired) electrons. The summed E-state index contributed by atoms with van der Waals surface area (Å²) in [5.74, 6) is -0.496. The first-order valence-corrected chi connectivity index (χ1v) is 6.87. The molecule has 0 unspecified atom stereocenters. The summed E-state index contributed by atoms with van der Waals surface area (Å²) in [5, 5.41) is 0. The molecule has 5 nitrogen and oxygen atoms in total. The van der Waals surface area contributed by atoms with Crippen molar-refractivity contribution in [2.75, 3.05) is 10.5 Å². The van der Waals surface area contributed by atoms with E-state index in [-0.39, 0.29) is 10.7 Å². The minimum Gasteiger partial charge on any atom is -0.399 e. The predicted molar refractivity (Wildman–Crippen MR) is 70.6 cm³/mol. The molecule has 1 aromatic carbocycles. The average molecular weight is 281 g/mol. The van der Waals surface area contributed by atoms with Crippen LogP contribution in [0.25, 0.3) is 0 Å². The highest BCUT2D eigenvalue weighted by atomic mass is 32.2. The summed E-state index contributed by atoms with van der Waals surface area (Å²) in [4.78, 5) is 3.68. The van der Waals surface area contributed by atoms with Crippen molar-refractivity contribution >= 4 is 21.5 Å². The zero-order chi connectivity index (χ0) is 14.0. The summed E-state index contributed by atoms with van der Waals surface area (Å²) in [7, 11) is -3.79. The Balaban J connectivity index is 2.34. The van der Waals surface area contributed by atoms with Gasteiger partial charge in [-0.2, -0.15) is 0 Å². The van der Waals surface area contributed by atoms with Crippen LogP contribution < -0.4 is 10.5 Å². The molecule has 2 rings (SSSR count). The molecule has 0 fully saturated rings. The standard InChI is InChI=1S/C12H12FN3O2S/c1-8-4-10(14)6-11(5-8)19(17,18)16-12-3-2-9(13)7-15-12/h2-7H,14H2,1H3,(H,15,16). The van der Waals surface area contributed by atoms with Crippen LogP contribution in [0.2, 0.25) is 0 Å². The lowest BCUT2D eigenvalue weighted by Gasteiger charge is -2.08. The normalized spacial score (nSPS) is 11.3. The van der Waals surface area contributed by atoms with E-state index in [2.05, 4.69) is 9.71 Å². The third-order valence-corrected chi connectivity index (χ3v) is 3.68. The van der Waals surface area contributed by atoms with Crippen LogP contribution >= 0.6 is 0 Å². The molecule has 0 aliphatic rings. The van der Waals surface area contributed by atoms with Crippen molar-refractivity contribution in [3.63, 3.8) is 0 Å². The maximum Gasteiger partial charge on any atom is 0.263 e. The van der Waals surface area contributed by atoms with Crippen molar-refractivity contribution in [1.29, 1.82) is 0 Å². The fraction of sp³-hybridized carbons (Fsp3) is 0.0833. The first-order chi connectivity index (χ1) is 8.87. The van der Waals surface area contributed by atoms with Crippen LogP contribution in [0.3, 0.4) is 0 Å². The topological polar surface area (TPSA) is 85.1 Å². The monoisotopic (exact) mass is 281 g/mol. The number of hydrogen-bond acceptors (Lipinski definition) is 4. The Morgan fingerprint density at radius 3 is 2.58 bits per heavy atom. The fourth-order valence-electron chi connectivity index (χ4n) is 1.56. The SMILES string of the molecule is Cc1cc(N)cc(S(=O)(=O)Nc2ccc(F)cn2)c1. The van der Waals surface area contributed by atoms with E-state index in [0.29, 0.717) is 5.69 Å². The Bertz CT molecular complexity index is 679. The molecular weight excluding hydrogens is 269 g/mol. The van der Waals surface area contributed by atoms with Crippen LogP contribution in [0.4, 0.5) is 15.9 Å². The van der Waals surface area contributed by atoms with Gasteiger partial charge in [0.05, 0.1) is 11.1 Å². The van der Waals surface area contributed by atoms with E-state index in [4.69, 9.17) is 5.73 Å². The highest BCUT2D eigenvalue weighted by Crippen LogP contribution is 2.19. The number of aryl methyl sites for hydroxylation is 1. The number of nitrogens with zero attached hydrogens (tertiary/aromatic N) is 1. The average Bonchev–Trinajstić information content (AvgIpc) is 2.31. The van der Waals surface area contributed by atoms with Gasteiger partial charge in [0, 0.05) is 5.69 Å². The van der Waals surface area contributed by atoms with E-state index in [1.807, 2.05) is 0 Å². The molecule has 0 aliphatic heterocycles. The third-order valence-electron chi connectivity index (χ3n) is 2.35. The van der Waals surface area contributed by atoms with Gasteiger partial charge in [0.1, 0.15) is 11.6 Å². The fourth-order valence-corrected chi connectivity index (χ4v) is 2.71. The number of pyridine rings is 1. The second kappa shape index (κ2) is 4.85. The molecule has 0 spiro atoms. The van der Waals surface area contributed by atoms with E-state index in [9.17, 15) is 12.8 Å². The van der Waals surface area contributed by atoms with Crippen molar-refractivity contribution in [2.45, 2.75) is 11.8 Å². The molecule has 1 aromatic heterocycles. The molecule has 100 valence electrons. The summed E-state index contributed by atoms with van der Waals surface area (Å²) in [6.07, 6.45) is 0.933. The number of halogens is 1. The van der Waals surface area contributed by atoms with Crippen molar-refractivity contribution in [1.82, 2.24) is 4.98 Å². The Hall–Kier alpha value is -2.15. The van der Waals surface area contributed by atoms with Crippen molar-refractivity contribution in [3.05, 3.63) is 47.9 Å². The first kappa shape index (κ1) is 13.3. The zero-order valence-corrected chi connectivity index (χ0v) is 10.9. The van der Waals surface area contributed by atoms with Gasteiger partial charge in [0.25, 0.3) is 10.0 Å². The van der Waals surface area contributed by atoms with Gasteiger partial charge < -0.3 is 5.73 Å². The maximum atomic E-state index is 12.7. The van der Waals surface area contributed by atoms with E-state index in [0.717, 1.165) is 17.8 Å². The summed E-state index contributed by atoms with van der Waals surface area (Å²) in [5.41, 5.74) is 6.70. The van der Waals surface area contributed by atoms with Crippen molar-refractivity contribution in [2.24, 2.45) is 0 Å². The number of rotatable bonds is 3. The maximum absolute atomic E-state index is 12.7. The van der Waals surface area contributed by atoms with Gasteiger partial charge >= 0.3 is 0 Å². The number of nitrogens with one attached hydrogen (secondary N) is 1. The Morgan fingerprint density at radius 1 is 1.26 bits per heavy atom. The number of hydrogen-bond donors (Lipinski definition) is 2. The number of sulfonamides is 1. The third kappa shape index (κ3) is 3.19. The van der Waals surface area contributed by atoms with E-state index in [1.165, 1.54) is 18.2 Å². The van der Waals surface area contributed by atoms with Crippen LogP contribution in [-0.4, -0.2) is 13.4 Å². The van der Waals surface area contributed by atoms with Crippen LogP contribution in [-0.2, 0) is 10.0 Å². The number of aromatic nitrogens is 1. The number of nitrogens with two attached hydrogens (primary N) is 1. The summed E-state index contributed by atoms with van der Waals surface area (Å²) in [6, 6.07) is 6.86. The van der Waals surface area contributed by atoms with Crippen LogP contribution in [0.5, 0.6) is 0 Å². The molecule has 3 N–H and O–H groups in total. The predicted octanol–water partition coefficient (Wildman–Crippen LogP) is 1.91. The number of anilines is 2.